The molecule has 2 saturated heterocycles. The summed E-state index contributed by atoms with van der Waals surface area (Å²) in [6.45, 7) is 0.926. The molecule has 0 saturated carbocycles. The maximum atomic E-state index is 10.7. The van der Waals surface area contributed by atoms with E-state index < -0.39 is 6.10 Å². The van der Waals surface area contributed by atoms with Crippen LogP contribution in [0.1, 0.15) is 36.5 Å². The molecule has 2 aliphatic rings. The molecule has 0 radical (unpaired) electrons. The number of piperidine rings is 1. The lowest BCUT2D eigenvalue weighted by Gasteiger charge is -2.39. The molecule has 166 valence electrons. The van der Waals surface area contributed by atoms with Gasteiger partial charge in [-0.3, -0.25) is 4.90 Å². The minimum absolute atomic E-state index is 0.277. The molecule has 2 aromatic carbocycles. The molecule has 2 aliphatic heterocycles. The molecule has 6 rings (SSSR count). The zero-order valence-electron chi connectivity index (χ0n) is 17.8. The summed E-state index contributed by atoms with van der Waals surface area (Å²) in [7, 11) is 0. The third-order valence-electron chi connectivity index (χ3n) is 7.14. The van der Waals surface area contributed by atoms with Gasteiger partial charge in [0.1, 0.15) is 29.8 Å². The molecule has 3 atom stereocenters. The van der Waals surface area contributed by atoms with Crippen molar-refractivity contribution in [3.8, 4) is 11.5 Å². The number of aromatic hydroxyl groups is 1. The lowest BCUT2D eigenvalue weighted by Crippen LogP contribution is -2.47. The standard InChI is InChI=1S/C26H27NO4S/c28-20(15-31-24-6-2-5-23-21(24)9-10-30-23)14-27-18-7-8-19(27)12-17(11-18)25-13-16-3-1-4-22(29)26(16)32-25/h1-6,9-10,13,17-20,28-29H,7-8,11-12,14-15H2/t17?,18?,19?,20-/m0/s1. The second-order valence-corrected chi connectivity index (χ2v) is 10.2. The quantitative estimate of drug-likeness (QED) is 0.407. The van der Waals surface area contributed by atoms with Crippen LogP contribution in [0.25, 0.3) is 21.1 Å². The molecule has 4 aromatic rings. The van der Waals surface area contributed by atoms with Crippen LogP contribution in [0.4, 0.5) is 0 Å². The van der Waals surface area contributed by atoms with Gasteiger partial charge in [-0.25, -0.2) is 0 Å². The first-order chi connectivity index (χ1) is 15.7. The summed E-state index contributed by atoms with van der Waals surface area (Å²) in [5.41, 5.74) is 0.798. The summed E-state index contributed by atoms with van der Waals surface area (Å²) < 4.78 is 12.4. The zero-order valence-corrected chi connectivity index (χ0v) is 18.6. The fourth-order valence-electron chi connectivity index (χ4n) is 5.65. The predicted molar refractivity (Wildman–Crippen MR) is 127 cm³/mol. The summed E-state index contributed by atoms with van der Waals surface area (Å²) in [5, 5.41) is 23.0. The van der Waals surface area contributed by atoms with E-state index in [9.17, 15) is 10.2 Å². The fraction of sp³-hybridized carbons (Fsp3) is 0.385. The first-order valence-electron chi connectivity index (χ1n) is 11.4. The van der Waals surface area contributed by atoms with Gasteiger partial charge in [0.2, 0.25) is 0 Å². The second kappa shape index (κ2) is 8.10. The number of aliphatic hydroxyl groups excluding tert-OH is 1. The minimum atomic E-state index is -0.530. The van der Waals surface area contributed by atoms with E-state index in [2.05, 4.69) is 17.0 Å². The second-order valence-electron chi connectivity index (χ2n) is 9.15. The van der Waals surface area contributed by atoms with E-state index in [1.54, 1.807) is 23.7 Å². The molecule has 32 heavy (non-hydrogen) atoms. The molecular weight excluding hydrogens is 422 g/mol. The van der Waals surface area contributed by atoms with Crippen LogP contribution in [0.5, 0.6) is 11.5 Å². The monoisotopic (exact) mass is 449 g/mol. The maximum absolute atomic E-state index is 10.7. The Labute approximate surface area is 190 Å². The molecule has 2 aromatic heterocycles. The summed E-state index contributed by atoms with van der Waals surface area (Å²) in [6, 6.07) is 16.7. The molecule has 2 bridgehead atoms. The molecular formula is C26H27NO4S. The number of benzene rings is 2. The van der Waals surface area contributed by atoms with Crippen molar-refractivity contribution >= 4 is 32.4 Å². The number of rotatable bonds is 6. The van der Waals surface area contributed by atoms with Crippen molar-refractivity contribution in [1.82, 2.24) is 4.90 Å². The van der Waals surface area contributed by atoms with Gasteiger partial charge >= 0.3 is 0 Å². The topological polar surface area (TPSA) is 66.1 Å². The van der Waals surface area contributed by atoms with E-state index >= 15 is 0 Å². The number of phenolic OH excluding ortho intramolecular Hbond substituents is 1. The summed E-state index contributed by atoms with van der Waals surface area (Å²) in [4.78, 5) is 3.89. The number of furan rings is 1. The van der Waals surface area contributed by atoms with Gasteiger partial charge in [-0.1, -0.05) is 18.2 Å². The van der Waals surface area contributed by atoms with Crippen molar-refractivity contribution in [3.63, 3.8) is 0 Å². The molecule has 4 heterocycles. The van der Waals surface area contributed by atoms with Crippen molar-refractivity contribution in [2.24, 2.45) is 0 Å². The first kappa shape index (κ1) is 20.1. The van der Waals surface area contributed by atoms with E-state index in [0.717, 1.165) is 39.6 Å². The first-order valence-corrected chi connectivity index (χ1v) is 12.2. The number of ether oxygens (including phenoxy) is 1. The Morgan fingerprint density at radius 1 is 1.09 bits per heavy atom. The smallest absolute Gasteiger partial charge is 0.137 e. The van der Waals surface area contributed by atoms with Gasteiger partial charge in [0.15, 0.2) is 0 Å². The van der Waals surface area contributed by atoms with Crippen molar-refractivity contribution in [3.05, 3.63) is 59.7 Å². The van der Waals surface area contributed by atoms with Gasteiger partial charge in [-0.2, -0.15) is 0 Å². The van der Waals surface area contributed by atoms with Crippen molar-refractivity contribution in [1.29, 1.82) is 0 Å². The molecule has 2 unspecified atom stereocenters. The molecule has 6 heteroatoms. The molecule has 5 nitrogen and oxygen atoms in total. The number of hydrogen-bond donors (Lipinski definition) is 2. The summed E-state index contributed by atoms with van der Waals surface area (Å²) in [6.07, 6.45) is 5.75. The predicted octanol–water partition coefficient (Wildman–Crippen LogP) is 5.50. The van der Waals surface area contributed by atoms with Gasteiger partial charge in [0.25, 0.3) is 0 Å². The summed E-state index contributed by atoms with van der Waals surface area (Å²) >= 11 is 1.74. The lowest BCUT2D eigenvalue weighted by molar-refractivity contribution is 0.0323. The van der Waals surface area contributed by atoms with Crippen LogP contribution >= 0.6 is 11.3 Å². The largest absolute Gasteiger partial charge is 0.506 e. The molecule has 0 aliphatic carbocycles. The van der Waals surface area contributed by atoms with E-state index in [1.807, 2.05) is 30.3 Å². The maximum Gasteiger partial charge on any atom is 0.137 e. The van der Waals surface area contributed by atoms with Gasteiger partial charge < -0.3 is 19.4 Å². The number of phenols is 1. The number of thiophene rings is 1. The van der Waals surface area contributed by atoms with Gasteiger partial charge in [0, 0.05) is 23.5 Å². The van der Waals surface area contributed by atoms with Crippen molar-refractivity contribution in [2.45, 2.75) is 49.8 Å². The fourth-order valence-corrected chi connectivity index (χ4v) is 6.85. The Morgan fingerprint density at radius 2 is 1.91 bits per heavy atom. The molecule has 0 spiro atoms. The number of hydrogen-bond acceptors (Lipinski definition) is 6. The third kappa shape index (κ3) is 3.56. The Hall–Kier alpha value is -2.54. The van der Waals surface area contributed by atoms with Gasteiger partial charge in [-0.15, -0.1) is 11.3 Å². The van der Waals surface area contributed by atoms with E-state index in [1.165, 1.54) is 17.7 Å². The average Bonchev–Trinajstić information content (AvgIpc) is 3.49. The Bertz CT molecular complexity index is 1230. The van der Waals surface area contributed by atoms with Crippen LogP contribution in [0.3, 0.4) is 0 Å². The highest BCUT2D eigenvalue weighted by molar-refractivity contribution is 7.19. The van der Waals surface area contributed by atoms with Crippen LogP contribution in [0.2, 0.25) is 0 Å². The van der Waals surface area contributed by atoms with Crippen LogP contribution in [0.15, 0.2) is 59.2 Å². The van der Waals surface area contributed by atoms with Crippen LogP contribution in [-0.4, -0.2) is 46.5 Å². The molecule has 0 amide bonds. The Morgan fingerprint density at radius 3 is 2.72 bits per heavy atom. The highest BCUT2D eigenvalue weighted by atomic mass is 32.1. The molecule has 2 fully saturated rings. The van der Waals surface area contributed by atoms with Gasteiger partial charge in [0.05, 0.1) is 16.3 Å². The Balaban J connectivity index is 1.10. The normalized spacial score (nSPS) is 24.3. The van der Waals surface area contributed by atoms with Crippen molar-refractivity contribution in [2.75, 3.05) is 13.2 Å². The van der Waals surface area contributed by atoms with E-state index in [-0.39, 0.29) is 6.61 Å². The summed E-state index contributed by atoms with van der Waals surface area (Å²) in [5.74, 6) is 1.67. The highest BCUT2D eigenvalue weighted by Gasteiger charge is 2.42. The number of fused-ring (bicyclic) bond motifs is 4. The minimum Gasteiger partial charge on any atom is -0.506 e. The van der Waals surface area contributed by atoms with Crippen LogP contribution < -0.4 is 4.74 Å². The highest BCUT2D eigenvalue weighted by Crippen LogP contribution is 2.46. The van der Waals surface area contributed by atoms with Crippen LogP contribution in [0, 0.1) is 0 Å². The van der Waals surface area contributed by atoms with E-state index in [0.29, 0.717) is 30.3 Å². The van der Waals surface area contributed by atoms with Crippen molar-refractivity contribution < 1.29 is 19.4 Å². The molecule has 2 N–H and O–H groups in total. The number of aliphatic hydroxyl groups is 1. The van der Waals surface area contributed by atoms with Crippen LogP contribution in [-0.2, 0) is 0 Å². The number of nitrogens with zero attached hydrogens (tertiary/aromatic N) is 1. The zero-order chi connectivity index (χ0) is 21.7. The van der Waals surface area contributed by atoms with Gasteiger partial charge in [-0.05, 0) is 67.3 Å². The third-order valence-corrected chi connectivity index (χ3v) is 8.47. The lowest BCUT2D eigenvalue weighted by atomic mass is 9.89. The SMILES string of the molecule is Oc1cccc2cc(C3CC4CCC(C3)N4C[C@H](O)COc3cccc4occc34)sc12. The van der Waals surface area contributed by atoms with E-state index in [4.69, 9.17) is 9.15 Å². The Kier molecular flexibility index (Phi) is 5.09. The average molecular weight is 450 g/mol.